The molecule has 0 aliphatic heterocycles. The molecule has 0 aliphatic rings. The second kappa shape index (κ2) is 5.88. The molecule has 0 amide bonds. The van der Waals surface area contributed by atoms with E-state index in [1.807, 2.05) is 6.07 Å². The molecule has 1 rings (SSSR count). The first-order chi connectivity index (χ1) is 7.22. The number of aliphatic hydroxyl groups is 1. The molecule has 82 valence electrons. The monoisotopic (exact) mass is 272 g/mol. The lowest BCUT2D eigenvalue weighted by Gasteiger charge is -2.07. The van der Waals surface area contributed by atoms with E-state index in [2.05, 4.69) is 20.7 Å². The van der Waals surface area contributed by atoms with Crippen LogP contribution in [0.15, 0.2) is 18.2 Å². The first kappa shape index (κ1) is 12.2. The van der Waals surface area contributed by atoms with Gasteiger partial charge in [-0.1, -0.05) is 22.0 Å². The quantitative estimate of drug-likeness (QED) is 0.673. The molecule has 0 bridgehead atoms. The molecule has 0 atom stereocenters. The minimum atomic E-state index is -0.352. The van der Waals surface area contributed by atoms with Gasteiger partial charge in [-0.25, -0.2) is 4.79 Å². The van der Waals surface area contributed by atoms with E-state index in [4.69, 9.17) is 5.11 Å². The van der Waals surface area contributed by atoms with Crippen LogP contribution < -0.4 is 0 Å². The van der Waals surface area contributed by atoms with Gasteiger partial charge in [-0.05, 0) is 29.7 Å². The number of esters is 1. The number of hydrogen-bond acceptors (Lipinski definition) is 3. The molecule has 15 heavy (non-hydrogen) atoms. The number of carbonyl (C=O) groups excluding carboxylic acids is 1. The van der Waals surface area contributed by atoms with Gasteiger partial charge in [0.05, 0.1) is 12.7 Å². The second-order valence-corrected chi connectivity index (χ2v) is 3.64. The fraction of sp³-hybridized carbons (Fsp3) is 0.364. The third-order valence-corrected chi connectivity index (χ3v) is 2.76. The SMILES string of the molecule is COC(=O)c1ccc(CBr)c(CCO)c1. The first-order valence-corrected chi connectivity index (χ1v) is 5.72. The summed E-state index contributed by atoms with van der Waals surface area (Å²) in [5, 5.41) is 9.61. The molecule has 0 heterocycles. The average molecular weight is 273 g/mol. The van der Waals surface area contributed by atoms with Gasteiger partial charge >= 0.3 is 5.97 Å². The van der Waals surface area contributed by atoms with Crippen molar-refractivity contribution >= 4 is 21.9 Å². The van der Waals surface area contributed by atoms with E-state index in [0.717, 1.165) is 11.1 Å². The molecule has 0 aromatic heterocycles. The number of alkyl halides is 1. The summed E-state index contributed by atoms with van der Waals surface area (Å²) < 4.78 is 4.63. The molecule has 0 unspecified atom stereocenters. The zero-order chi connectivity index (χ0) is 11.3. The lowest BCUT2D eigenvalue weighted by molar-refractivity contribution is 0.0600. The van der Waals surface area contributed by atoms with E-state index < -0.39 is 0 Å². The third-order valence-electron chi connectivity index (χ3n) is 2.15. The fourth-order valence-corrected chi connectivity index (χ4v) is 1.90. The molecular weight excluding hydrogens is 260 g/mol. The highest BCUT2D eigenvalue weighted by molar-refractivity contribution is 9.08. The smallest absolute Gasteiger partial charge is 0.337 e. The van der Waals surface area contributed by atoms with Crippen LogP contribution in [0.25, 0.3) is 0 Å². The van der Waals surface area contributed by atoms with Crippen molar-refractivity contribution < 1.29 is 14.6 Å². The van der Waals surface area contributed by atoms with Crippen molar-refractivity contribution in [1.29, 1.82) is 0 Å². The molecular formula is C11H13BrO3. The first-order valence-electron chi connectivity index (χ1n) is 4.60. The number of methoxy groups -OCH3 is 1. The van der Waals surface area contributed by atoms with E-state index in [-0.39, 0.29) is 12.6 Å². The van der Waals surface area contributed by atoms with Crippen molar-refractivity contribution in [2.75, 3.05) is 13.7 Å². The lowest BCUT2D eigenvalue weighted by Crippen LogP contribution is -2.04. The zero-order valence-electron chi connectivity index (χ0n) is 8.50. The van der Waals surface area contributed by atoms with Gasteiger partial charge < -0.3 is 9.84 Å². The summed E-state index contributed by atoms with van der Waals surface area (Å²) in [5.74, 6) is -0.352. The zero-order valence-corrected chi connectivity index (χ0v) is 10.1. The van der Waals surface area contributed by atoms with E-state index in [9.17, 15) is 4.79 Å². The number of carbonyl (C=O) groups is 1. The topological polar surface area (TPSA) is 46.5 Å². The maximum Gasteiger partial charge on any atom is 0.337 e. The van der Waals surface area contributed by atoms with Crippen LogP contribution in [0.2, 0.25) is 0 Å². The number of aliphatic hydroxyl groups excluding tert-OH is 1. The molecule has 0 radical (unpaired) electrons. The van der Waals surface area contributed by atoms with Crippen LogP contribution in [0, 0.1) is 0 Å². The number of hydrogen-bond donors (Lipinski definition) is 1. The Balaban J connectivity index is 3.04. The molecule has 0 aliphatic carbocycles. The molecule has 3 nitrogen and oxygen atoms in total. The van der Waals surface area contributed by atoms with Crippen LogP contribution in [-0.2, 0) is 16.5 Å². The Morgan fingerprint density at radius 1 is 1.47 bits per heavy atom. The maximum absolute atomic E-state index is 11.3. The van der Waals surface area contributed by atoms with Gasteiger partial charge in [0.15, 0.2) is 0 Å². The minimum absolute atomic E-state index is 0.0740. The van der Waals surface area contributed by atoms with Crippen molar-refractivity contribution in [3.8, 4) is 0 Å². The summed E-state index contributed by atoms with van der Waals surface area (Å²) >= 11 is 3.36. The van der Waals surface area contributed by atoms with Gasteiger partial charge in [0.25, 0.3) is 0 Å². The molecule has 1 aromatic rings. The number of halogens is 1. The second-order valence-electron chi connectivity index (χ2n) is 3.08. The van der Waals surface area contributed by atoms with Crippen molar-refractivity contribution in [3.63, 3.8) is 0 Å². The predicted molar refractivity (Wildman–Crippen MR) is 61.2 cm³/mol. The number of ether oxygens (including phenoxy) is 1. The van der Waals surface area contributed by atoms with Crippen molar-refractivity contribution in [3.05, 3.63) is 34.9 Å². The summed E-state index contributed by atoms with van der Waals surface area (Å²) in [6, 6.07) is 5.36. The van der Waals surface area contributed by atoms with Gasteiger partial charge in [0, 0.05) is 11.9 Å². The normalized spacial score (nSPS) is 10.1. The summed E-state index contributed by atoms with van der Waals surface area (Å²) in [6.07, 6.45) is 0.547. The summed E-state index contributed by atoms with van der Waals surface area (Å²) in [4.78, 5) is 11.3. The van der Waals surface area contributed by atoms with E-state index in [1.165, 1.54) is 7.11 Å². The highest BCUT2D eigenvalue weighted by Gasteiger charge is 2.08. The highest BCUT2D eigenvalue weighted by Crippen LogP contribution is 2.16. The number of benzene rings is 1. The Morgan fingerprint density at radius 2 is 2.20 bits per heavy atom. The van der Waals surface area contributed by atoms with Crippen LogP contribution in [0.3, 0.4) is 0 Å². The number of rotatable bonds is 4. The van der Waals surface area contributed by atoms with Crippen LogP contribution in [0.4, 0.5) is 0 Å². The van der Waals surface area contributed by atoms with Crippen LogP contribution >= 0.6 is 15.9 Å². The Morgan fingerprint density at radius 3 is 2.73 bits per heavy atom. The van der Waals surface area contributed by atoms with Crippen molar-refractivity contribution in [2.24, 2.45) is 0 Å². The Hall–Kier alpha value is -0.870. The molecule has 1 aromatic carbocycles. The Bertz CT molecular complexity index is 350. The van der Waals surface area contributed by atoms with E-state index in [0.29, 0.717) is 17.3 Å². The van der Waals surface area contributed by atoms with Gasteiger partial charge in [-0.2, -0.15) is 0 Å². The summed E-state index contributed by atoms with van der Waals surface area (Å²) in [5.41, 5.74) is 2.57. The molecule has 4 heteroatoms. The maximum atomic E-state index is 11.3. The largest absolute Gasteiger partial charge is 0.465 e. The summed E-state index contributed by atoms with van der Waals surface area (Å²) in [6.45, 7) is 0.0740. The van der Waals surface area contributed by atoms with Crippen LogP contribution in [0.1, 0.15) is 21.5 Å². The van der Waals surface area contributed by atoms with Gasteiger partial charge in [0.2, 0.25) is 0 Å². The van der Waals surface area contributed by atoms with E-state index in [1.54, 1.807) is 12.1 Å². The molecule has 1 N–H and O–H groups in total. The molecule has 0 fully saturated rings. The summed E-state index contributed by atoms with van der Waals surface area (Å²) in [7, 11) is 1.35. The molecule has 0 saturated heterocycles. The van der Waals surface area contributed by atoms with Crippen LogP contribution in [-0.4, -0.2) is 24.8 Å². The molecule has 0 saturated carbocycles. The fourth-order valence-electron chi connectivity index (χ4n) is 1.35. The standard InChI is InChI=1S/C11H13BrO3/c1-15-11(14)9-2-3-10(7-12)8(6-9)4-5-13/h2-3,6,13H,4-5,7H2,1H3. The van der Waals surface area contributed by atoms with Gasteiger partial charge in [0.1, 0.15) is 0 Å². The van der Waals surface area contributed by atoms with Gasteiger partial charge in [-0.15, -0.1) is 0 Å². The van der Waals surface area contributed by atoms with Crippen molar-refractivity contribution in [2.45, 2.75) is 11.8 Å². The molecule has 0 spiro atoms. The minimum Gasteiger partial charge on any atom is -0.465 e. The predicted octanol–water partition coefficient (Wildman–Crippen LogP) is 1.90. The third kappa shape index (κ3) is 3.04. The van der Waals surface area contributed by atoms with E-state index >= 15 is 0 Å². The highest BCUT2D eigenvalue weighted by atomic mass is 79.9. The average Bonchev–Trinajstić information content (AvgIpc) is 2.28. The van der Waals surface area contributed by atoms with Gasteiger partial charge in [-0.3, -0.25) is 0 Å². The Labute approximate surface area is 97.2 Å². The van der Waals surface area contributed by atoms with Crippen LogP contribution in [0.5, 0.6) is 0 Å². The lowest BCUT2D eigenvalue weighted by atomic mass is 10.0. The van der Waals surface area contributed by atoms with Crippen molar-refractivity contribution in [1.82, 2.24) is 0 Å². The Kier molecular flexibility index (Phi) is 4.78.